The minimum absolute atomic E-state index is 0.0124. The Balaban J connectivity index is 1.95. The molecule has 0 atom stereocenters. The predicted molar refractivity (Wildman–Crippen MR) is 92.1 cm³/mol. The molecule has 1 amide bonds. The number of sulfone groups is 1. The van der Waals surface area contributed by atoms with Crippen molar-refractivity contribution in [3.05, 3.63) is 53.1 Å². The largest absolute Gasteiger partial charge is 0.298 e. The summed E-state index contributed by atoms with van der Waals surface area (Å²) in [6.45, 7) is 0. The first kappa shape index (κ1) is 15.9. The highest BCUT2D eigenvalue weighted by Gasteiger charge is 2.19. The van der Waals surface area contributed by atoms with E-state index in [0.29, 0.717) is 15.7 Å². The van der Waals surface area contributed by atoms with Crippen LogP contribution in [0.4, 0.5) is 5.13 Å². The summed E-state index contributed by atoms with van der Waals surface area (Å²) in [5.41, 5.74) is 0.765. The third kappa shape index (κ3) is 3.36. The lowest BCUT2D eigenvalue weighted by atomic mass is 10.2. The minimum Gasteiger partial charge on any atom is -0.298 e. The maximum atomic E-state index is 12.4. The Kier molecular flexibility index (Phi) is 4.09. The Labute approximate surface area is 141 Å². The number of halogens is 1. The van der Waals surface area contributed by atoms with Gasteiger partial charge in [-0.05, 0) is 30.3 Å². The van der Waals surface area contributed by atoms with E-state index in [1.165, 1.54) is 23.5 Å². The molecule has 0 saturated heterocycles. The first-order valence-electron chi connectivity index (χ1n) is 6.51. The SMILES string of the molecule is CS(=O)(=O)c1ccccc1C(=O)Nc1nc2cc(Cl)ccc2s1. The topological polar surface area (TPSA) is 76.1 Å². The molecule has 0 aliphatic carbocycles. The number of carbonyl (C=O) groups is 1. The van der Waals surface area contributed by atoms with Crippen LogP contribution in [0.15, 0.2) is 47.4 Å². The number of fused-ring (bicyclic) bond motifs is 1. The number of hydrogen-bond donors (Lipinski definition) is 1. The van der Waals surface area contributed by atoms with Gasteiger partial charge in [-0.1, -0.05) is 35.1 Å². The van der Waals surface area contributed by atoms with Gasteiger partial charge in [0.25, 0.3) is 5.91 Å². The van der Waals surface area contributed by atoms with Crippen molar-refractivity contribution in [1.29, 1.82) is 0 Å². The molecule has 8 heteroatoms. The number of nitrogens with zero attached hydrogens (tertiary/aromatic N) is 1. The van der Waals surface area contributed by atoms with Gasteiger partial charge in [-0.2, -0.15) is 0 Å². The fourth-order valence-corrected chi connectivity index (χ4v) is 3.99. The van der Waals surface area contributed by atoms with Gasteiger partial charge in [-0.3, -0.25) is 10.1 Å². The lowest BCUT2D eigenvalue weighted by Crippen LogP contribution is -2.15. The van der Waals surface area contributed by atoms with Crippen LogP contribution in [0, 0.1) is 0 Å². The van der Waals surface area contributed by atoms with Crippen molar-refractivity contribution >= 4 is 54.0 Å². The molecule has 0 fully saturated rings. The Bertz CT molecular complexity index is 1010. The van der Waals surface area contributed by atoms with Gasteiger partial charge in [0, 0.05) is 11.3 Å². The number of aromatic nitrogens is 1. The highest BCUT2D eigenvalue weighted by molar-refractivity contribution is 7.90. The standard InChI is InChI=1S/C15H11ClN2O3S2/c1-23(20,21)13-5-3-2-4-10(13)14(19)18-15-17-11-8-9(16)6-7-12(11)22-15/h2-8H,1H3,(H,17,18,19). The van der Waals surface area contributed by atoms with Gasteiger partial charge < -0.3 is 0 Å². The van der Waals surface area contributed by atoms with Gasteiger partial charge in [0.15, 0.2) is 15.0 Å². The molecule has 1 N–H and O–H groups in total. The molecule has 0 unspecified atom stereocenters. The summed E-state index contributed by atoms with van der Waals surface area (Å²) in [7, 11) is -3.50. The van der Waals surface area contributed by atoms with Crippen LogP contribution in [0.25, 0.3) is 10.2 Å². The fourth-order valence-electron chi connectivity index (χ4n) is 2.10. The molecule has 118 valence electrons. The van der Waals surface area contributed by atoms with Gasteiger partial charge in [0.2, 0.25) is 0 Å². The van der Waals surface area contributed by atoms with E-state index in [9.17, 15) is 13.2 Å². The lowest BCUT2D eigenvalue weighted by Gasteiger charge is -2.06. The normalized spacial score (nSPS) is 11.6. The third-order valence-electron chi connectivity index (χ3n) is 3.10. The third-order valence-corrected chi connectivity index (χ3v) is 5.44. The Morgan fingerprint density at radius 2 is 1.96 bits per heavy atom. The van der Waals surface area contributed by atoms with Crippen LogP contribution >= 0.6 is 22.9 Å². The summed E-state index contributed by atoms with van der Waals surface area (Å²) in [5.74, 6) is -0.517. The average molecular weight is 367 g/mol. The Hall–Kier alpha value is -1.96. The number of benzene rings is 2. The number of hydrogen-bond acceptors (Lipinski definition) is 5. The van der Waals surface area contributed by atoms with Crippen molar-refractivity contribution in [2.75, 3.05) is 11.6 Å². The summed E-state index contributed by atoms with van der Waals surface area (Å²) in [5, 5.41) is 3.58. The van der Waals surface area contributed by atoms with E-state index in [4.69, 9.17) is 11.6 Å². The number of thiazole rings is 1. The maximum absolute atomic E-state index is 12.4. The summed E-state index contributed by atoms with van der Waals surface area (Å²) < 4.78 is 24.4. The average Bonchev–Trinajstić information content (AvgIpc) is 2.87. The van der Waals surface area contributed by atoms with Crippen LogP contribution in [-0.2, 0) is 9.84 Å². The van der Waals surface area contributed by atoms with Gasteiger partial charge in [0.05, 0.1) is 20.7 Å². The lowest BCUT2D eigenvalue weighted by molar-refractivity contribution is 0.102. The molecule has 5 nitrogen and oxygen atoms in total. The smallest absolute Gasteiger partial charge is 0.258 e. The molecule has 0 radical (unpaired) electrons. The molecule has 1 aromatic heterocycles. The first-order chi connectivity index (χ1) is 10.8. The van der Waals surface area contributed by atoms with Crippen molar-refractivity contribution in [3.8, 4) is 0 Å². The number of rotatable bonds is 3. The molecule has 0 saturated carbocycles. The van der Waals surface area contributed by atoms with E-state index in [1.54, 1.807) is 24.3 Å². The number of carbonyl (C=O) groups excluding carboxylic acids is 1. The zero-order valence-electron chi connectivity index (χ0n) is 11.9. The first-order valence-corrected chi connectivity index (χ1v) is 9.60. The Morgan fingerprint density at radius 1 is 1.22 bits per heavy atom. The van der Waals surface area contributed by atoms with Crippen LogP contribution in [0.1, 0.15) is 10.4 Å². The zero-order valence-corrected chi connectivity index (χ0v) is 14.3. The number of anilines is 1. The van der Waals surface area contributed by atoms with E-state index in [2.05, 4.69) is 10.3 Å². The van der Waals surface area contributed by atoms with Crippen LogP contribution in [0.5, 0.6) is 0 Å². The van der Waals surface area contributed by atoms with Gasteiger partial charge in [0.1, 0.15) is 0 Å². The van der Waals surface area contributed by atoms with Crippen LogP contribution in [-0.4, -0.2) is 25.6 Å². The van der Waals surface area contributed by atoms with E-state index >= 15 is 0 Å². The van der Waals surface area contributed by atoms with Crippen molar-refractivity contribution in [3.63, 3.8) is 0 Å². The van der Waals surface area contributed by atoms with E-state index < -0.39 is 15.7 Å². The molecule has 0 aliphatic rings. The highest BCUT2D eigenvalue weighted by Crippen LogP contribution is 2.28. The quantitative estimate of drug-likeness (QED) is 0.768. The second kappa shape index (κ2) is 5.92. The predicted octanol–water partition coefficient (Wildman–Crippen LogP) is 3.61. The highest BCUT2D eigenvalue weighted by atomic mass is 35.5. The fraction of sp³-hybridized carbons (Fsp3) is 0.0667. The molecule has 2 aromatic carbocycles. The molecular weight excluding hydrogens is 356 g/mol. The molecule has 3 rings (SSSR count). The maximum Gasteiger partial charge on any atom is 0.258 e. The second-order valence-corrected chi connectivity index (χ2v) is 8.30. The number of nitrogens with one attached hydrogen (secondary N) is 1. The summed E-state index contributed by atoms with van der Waals surface area (Å²) in [6, 6.07) is 11.3. The molecular formula is C15H11ClN2O3S2. The summed E-state index contributed by atoms with van der Waals surface area (Å²) >= 11 is 7.20. The van der Waals surface area contributed by atoms with Gasteiger partial charge >= 0.3 is 0 Å². The molecule has 0 aliphatic heterocycles. The van der Waals surface area contributed by atoms with Crippen molar-refractivity contribution < 1.29 is 13.2 Å². The van der Waals surface area contributed by atoms with E-state index in [0.717, 1.165) is 11.0 Å². The minimum atomic E-state index is -3.50. The van der Waals surface area contributed by atoms with Gasteiger partial charge in [-0.15, -0.1) is 0 Å². The van der Waals surface area contributed by atoms with Crippen molar-refractivity contribution in [1.82, 2.24) is 4.98 Å². The summed E-state index contributed by atoms with van der Waals surface area (Å²) in [6.07, 6.45) is 1.07. The number of amides is 1. The second-order valence-electron chi connectivity index (χ2n) is 4.85. The molecule has 3 aromatic rings. The molecule has 23 heavy (non-hydrogen) atoms. The molecule has 0 bridgehead atoms. The van der Waals surface area contributed by atoms with Crippen LogP contribution in [0.3, 0.4) is 0 Å². The van der Waals surface area contributed by atoms with E-state index in [1.807, 2.05) is 6.07 Å². The van der Waals surface area contributed by atoms with Crippen LogP contribution in [0.2, 0.25) is 5.02 Å². The van der Waals surface area contributed by atoms with Gasteiger partial charge in [-0.25, -0.2) is 13.4 Å². The van der Waals surface area contributed by atoms with Crippen molar-refractivity contribution in [2.24, 2.45) is 0 Å². The molecule has 0 spiro atoms. The monoisotopic (exact) mass is 366 g/mol. The Morgan fingerprint density at radius 3 is 2.70 bits per heavy atom. The molecule has 1 heterocycles. The van der Waals surface area contributed by atoms with E-state index in [-0.39, 0.29) is 10.5 Å². The zero-order chi connectivity index (χ0) is 16.6. The van der Waals surface area contributed by atoms with Crippen LogP contribution < -0.4 is 5.32 Å². The summed E-state index contributed by atoms with van der Waals surface area (Å²) in [4.78, 5) is 16.7. The van der Waals surface area contributed by atoms with Crippen molar-refractivity contribution in [2.45, 2.75) is 4.90 Å².